The second-order valence-corrected chi connectivity index (χ2v) is 8.05. The lowest BCUT2D eigenvalue weighted by atomic mass is 9.98. The first-order chi connectivity index (χ1) is 13.6. The summed E-state index contributed by atoms with van der Waals surface area (Å²) in [5.74, 6) is 1.37. The molecular weight excluding hydrogens is 374 g/mol. The molecule has 0 bridgehead atoms. The molecule has 0 radical (unpaired) electrons. The van der Waals surface area contributed by atoms with Crippen molar-refractivity contribution in [2.45, 2.75) is 44.6 Å². The summed E-state index contributed by atoms with van der Waals surface area (Å²) in [7, 11) is 0. The van der Waals surface area contributed by atoms with Crippen LogP contribution >= 0.6 is 11.6 Å². The molecule has 2 heterocycles. The van der Waals surface area contributed by atoms with Gasteiger partial charge < -0.3 is 15.1 Å². The highest BCUT2D eigenvalue weighted by Gasteiger charge is 2.29. The Bertz CT molecular complexity index is 822. The van der Waals surface area contributed by atoms with Crippen LogP contribution in [0.1, 0.15) is 44.1 Å². The average Bonchev–Trinajstić information content (AvgIpc) is 3.23. The van der Waals surface area contributed by atoms with Crippen LogP contribution in [-0.2, 0) is 0 Å². The summed E-state index contributed by atoms with van der Waals surface area (Å²) in [5, 5.41) is 3.44. The van der Waals surface area contributed by atoms with Crippen LogP contribution < -0.4 is 10.2 Å². The molecule has 1 aliphatic heterocycles. The lowest BCUT2D eigenvalue weighted by Crippen LogP contribution is -2.55. The maximum absolute atomic E-state index is 12.8. The van der Waals surface area contributed by atoms with Gasteiger partial charge in [0, 0.05) is 43.8 Å². The third-order valence-corrected chi connectivity index (χ3v) is 6.08. The fraction of sp³-hybridized carbons (Fsp3) is 0.476. The van der Waals surface area contributed by atoms with Crippen molar-refractivity contribution >= 4 is 29.1 Å². The van der Waals surface area contributed by atoms with Crippen LogP contribution in [0.25, 0.3) is 0 Å². The molecule has 2 aliphatic rings. The van der Waals surface area contributed by atoms with Crippen molar-refractivity contribution in [3.63, 3.8) is 0 Å². The van der Waals surface area contributed by atoms with Crippen LogP contribution in [0.2, 0.25) is 5.15 Å². The predicted molar refractivity (Wildman–Crippen MR) is 112 cm³/mol. The number of hydrogen-bond donors (Lipinski definition) is 1. The molecule has 1 aromatic carbocycles. The Morgan fingerprint density at radius 2 is 1.82 bits per heavy atom. The number of anilines is 2. The number of carbonyl (C=O) groups is 1. The van der Waals surface area contributed by atoms with Crippen molar-refractivity contribution in [2.75, 3.05) is 29.9 Å². The molecule has 2 aromatic rings. The van der Waals surface area contributed by atoms with Crippen molar-refractivity contribution in [2.24, 2.45) is 0 Å². The van der Waals surface area contributed by atoms with Crippen LogP contribution in [0.5, 0.6) is 0 Å². The van der Waals surface area contributed by atoms with E-state index in [9.17, 15) is 4.79 Å². The number of rotatable bonds is 3. The van der Waals surface area contributed by atoms with Gasteiger partial charge in [0.1, 0.15) is 0 Å². The first-order valence-electron chi connectivity index (χ1n) is 10.0. The van der Waals surface area contributed by atoms with E-state index < -0.39 is 0 Å². The zero-order valence-corrected chi connectivity index (χ0v) is 16.9. The molecule has 1 saturated heterocycles. The summed E-state index contributed by atoms with van der Waals surface area (Å²) in [4.78, 5) is 25.1. The van der Waals surface area contributed by atoms with Gasteiger partial charge in [0.2, 0.25) is 0 Å². The average molecular weight is 400 g/mol. The third kappa shape index (κ3) is 4.07. The second-order valence-electron chi connectivity index (χ2n) is 7.69. The summed E-state index contributed by atoms with van der Waals surface area (Å²) in [6, 6.07) is 8.33. The monoisotopic (exact) mass is 399 g/mol. The molecule has 2 fully saturated rings. The van der Waals surface area contributed by atoms with Gasteiger partial charge in [-0.25, -0.2) is 14.8 Å². The summed E-state index contributed by atoms with van der Waals surface area (Å²) in [5.41, 5.74) is 2.23. The van der Waals surface area contributed by atoms with Gasteiger partial charge in [-0.3, -0.25) is 0 Å². The largest absolute Gasteiger partial charge is 0.350 e. The molecule has 6 nitrogen and oxygen atoms in total. The molecule has 4 rings (SSSR count). The van der Waals surface area contributed by atoms with Gasteiger partial charge in [-0.05, 0) is 43.4 Å². The van der Waals surface area contributed by atoms with Crippen LogP contribution in [0, 0.1) is 0 Å². The first-order valence-corrected chi connectivity index (χ1v) is 10.4. The van der Waals surface area contributed by atoms with Crippen molar-refractivity contribution in [3.05, 3.63) is 47.4 Å². The van der Waals surface area contributed by atoms with Gasteiger partial charge in [-0.1, -0.05) is 36.6 Å². The van der Waals surface area contributed by atoms with Gasteiger partial charge in [0.25, 0.3) is 0 Å². The van der Waals surface area contributed by atoms with Crippen molar-refractivity contribution in [3.8, 4) is 0 Å². The summed E-state index contributed by atoms with van der Waals surface area (Å²) < 4.78 is 0. The van der Waals surface area contributed by atoms with E-state index in [1.807, 2.05) is 24.0 Å². The molecule has 2 amide bonds. The third-order valence-electron chi connectivity index (χ3n) is 5.81. The summed E-state index contributed by atoms with van der Waals surface area (Å²) in [6.45, 7) is 4.00. The second kappa shape index (κ2) is 8.35. The predicted octanol–water partition coefficient (Wildman–Crippen LogP) is 4.53. The van der Waals surface area contributed by atoms with E-state index in [1.165, 1.54) is 31.2 Å². The number of piperazine rings is 1. The maximum Gasteiger partial charge on any atom is 0.322 e. The topological polar surface area (TPSA) is 61.4 Å². The Morgan fingerprint density at radius 1 is 1.11 bits per heavy atom. The summed E-state index contributed by atoms with van der Waals surface area (Å²) >= 11 is 6.16. The number of aromatic nitrogens is 2. The maximum atomic E-state index is 12.8. The SMILES string of the molecule is CC1CN(c2nccnc2Cl)CCN1C(=O)Nc1ccc(C2CCCC2)cc1. The molecule has 1 N–H and O–H groups in total. The van der Waals surface area contributed by atoms with E-state index in [-0.39, 0.29) is 12.1 Å². The molecule has 28 heavy (non-hydrogen) atoms. The molecule has 0 spiro atoms. The van der Waals surface area contributed by atoms with Crippen LogP contribution in [0.15, 0.2) is 36.7 Å². The van der Waals surface area contributed by atoms with Crippen LogP contribution in [0.4, 0.5) is 16.3 Å². The van der Waals surface area contributed by atoms with Crippen LogP contribution in [-0.4, -0.2) is 46.6 Å². The molecular formula is C21H26ClN5O. The number of amides is 2. The number of nitrogens with one attached hydrogen (secondary N) is 1. The number of urea groups is 1. The molecule has 1 aromatic heterocycles. The lowest BCUT2D eigenvalue weighted by Gasteiger charge is -2.40. The smallest absolute Gasteiger partial charge is 0.322 e. The summed E-state index contributed by atoms with van der Waals surface area (Å²) in [6.07, 6.45) is 8.43. The fourth-order valence-electron chi connectivity index (χ4n) is 4.27. The molecule has 1 unspecified atom stereocenters. The minimum atomic E-state index is -0.0639. The Morgan fingerprint density at radius 3 is 2.50 bits per heavy atom. The zero-order valence-electron chi connectivity index (χ0n) is 16.1. The van der Waals surface area contributed by atoms with Crippen molar-refractivity contribution in [1.29, 1.82) is 0 Å². The van der Waals surface area contributed by atoms with Gasteiger partial charge in [-0.15, -0.1) is 0 Å². The Balaban J connectivity index is 1.36. The zero-order chi connectivity index (χ0) is 19.5. The van der Waals surface area contributed by atoms with E-state index >= 15 is 0 Å². The molecule has 148 valence electrons. The van der Waals surface area contributed by atoms with E-state index in [1.54, 1.807) is 12.4 Å². The Hall–Kier alpha value is -2.34. The van der Waals surface area contributed by atoms with E-state index in [4.69, 9.17) is 11.6 Å². The Kier molecular flexibility index (Phi) is 5.67. The van der Waals surface area contributed by atoms with Gasteiger partial charge in [0.15, 0.2) is 11.0 Å². The minimum absolute atomic E-state index is 0.0459. The molecule has 1 atom stereocenters. The number of nitrogens with zero attached hydrogens (tertiary/aromatic N) is 4. The highest BCUT2D eigenvalue weighted by atomic mass is 35.5. The minimum Gasteiger partial charge on any atom is -0.350 e. The number of halogens is 1. The van der Waals surface area contributed by atoms with E-state index in [0.29, 0.717) is 36.5 Å². The van der Waals surface area contributed by atoms with Crippen molar-refractivity contribution in [1.82, 2.24) is 14.9 Å². The van der Waals surface area contributed by atoms with E-state index in [2.05, 4.69) is 32.3 Å². The van der Waals surface area contributed by atoms with E-state index in [0.717, 1.165) is 5.69 Å². The first kappa shape index (κ1) is 19.0. The van der Waals surface area contributed by atoms with Crippen LogP contribution in [0.3, 0.4) is 0 Å². The molecule has 1 aliphatic carbocycles. The van der Waals surface area contributed by atoms with Gasteiger partial charge in [0.05, 0.1) is 0 Å². The number of hydrogen-bond acceptors (Lipinski definition) is 4. The lowest BCUT2D eigenvalue weighted by molar-refractivity contribution is 0.184. The molecule has 7 heteroatoms. The Labute approximate surface area is 170 Å². The number of carbonyl (C=O) groups excluding carboxylic acids is 1. The van der Waals surface area contributed by atoms with Gasteiger partial charge >= 0.3 is 6.03 Å². The standard InChI is InChI=1S/C21H26ClN5O/c1-15-14-26(20-19(22)23-10-11-24-20)12-13-27(15)21(28)25-18-8-6-17(7-9-18)16-4-2-3-5-16/h6-11,15-16H,2-5,12-14H2,1H3,(H,25,28). The molecule has 1 saturated carbocycles. The highest BCUT2D eigenvalue weighted by Crippen LogP contribution is 2.34. The highest BCUT2D eigenvalue weighted by molar-refractivity contribution is 6.31. The quantitative estimate of drug-likeness (QED) is 0.823. The van der Waals surface area contributed by atoms with Gasteiger partial charge in [-0.2, -0.15) is 0 Å². The normalized spacial score (nSPS) is 20.4. The van der Waals surface area contributed by atoms with Crippen molar-refractivity contribution < 1.29 is 4.79 Å². The number of benzene rings is 1. The fourth-order valence-corrected chi connectivity index (χ4v) is 4.50.